The zero-order valence-corrected chi connectivity index (χ0v) is 14.1. The third kappa shape index (κ3) is 2.86. The van der Waals surface area contributed by atoms with Crippen LogP contribution < -0.4 is 14.8 Å². The van der Waals surface area contributed by atoms with Crippen LogP contribution in [0.5, 0.6) is 11.5 Å². The van der Waals surface area contributed by atoms with E-state index in [2.05, 4.69) is 15.5 Å². The van der Waals surface area contributed by atoms with E-state index in [-0.39, 0.29) is 0 Å². The van der Waals surface area contributed by atoms with Crippen LogP contribution in [0, 0.1) is 0 Å². The second kappa shape index (κ2) is 6.43. The topological polar surface area (TPSA) is 69.4 Å². The molecule has 6 heteroatoms. The van der Waals surface area contributed by atoms with E-state index < -0.39 is 0 Å². The summed E-state index contributed by atoms with van der Waals surface area (Å²) in [6.45, 7) is 0. The molecule has 1 aromatic carbocycles. The van der Waals surface area contributed by atoms with Gasteiger partial charge in [0, 0.05) is 23.6 Å². The van der Waals surface area contributed by atoms with Gasteiger partial charge in [0.05, 0.1) is 20.6 Å². The molecule has 3 heterocycles. The average molecular weight is 329 g/mol. The van der Waals surface area contributed by atoms with Gasteiger partial charge in [0.1, 0.15) is 11.5 Å². The molecule has 2 aliphatic rings. The van der Waals surface area contributed by atoms with Gasteiger partial charge < -0.3 is 19.3 Å². The Bertz CT molecular complexity index is 681. The number of ether oxygens (including phenoxy) is 2. The van der Waals surface area contributed by atoms with E-state index in [4.69, 9.17) is 14.0 Å². The largest absolute Gasteiger partial charge is 0.496 e. The Morgan fingerprint density at radius 3 is 2.42 bits per heavy atom. The zero-order valence-electron chi connectivity index (χ0n) is 14.1. The van der Waals surface area contributed by atoms with Gasteiger partial charge in [-0.1, -0.05) is 11.2 Å². The summed E-state index contributed by atoms with van der Waals surface area (Å²) in [5, 5.41) is 7.90. The Morgan fingerprint density at radius 1 is 1.12 bits per heavy atom. The minimum absolute atomic E-state index is 0.404. The van der Waals surface area contributed by atoms with Crippen LogP contribution in [0.3, 0.4) is 0 Å². The minimum Gasteiger partial charge on any atom is -0.496 e. The van der Waals surface area contributed by atoms with Crippen molar-refractivity contribution >= 4 is 0 Å². The summed E-state index contributed by atoms with van der Waals surface area (Å²) in [6.07, 6.45) is 5.26. The molecule has 0 amide bonds. The molecule has 2 saturated heterocycles. The molecule has 1 aromatic heterocycles. The van der Waals surface area contributed by atoms with E-state index in [1.54, 1.807) is 14.2 Å². The molecule has 2 atom stereocenters. The number of nitrogens with one attached hydrogen (secondary N) is 1. The summed E-state index contributed by atoms with van der Waals surface area (Å²) in [7, 11) is 3.31. The van der Waals surface area contributed by atoms with Crippen molar-refractivity contribution in [3.05, 3.63) is 35.5 Å². The molecular formula is C18H23N3O3. The lowest BCUT2D eigenvalue weighted by Crippen LogP contribution is -2.37. The summed E-state index contributed by atoms with van der Waals surface area (Å²) >= 11 is 0. The maximum absolute atomic E-state index is 5.52. The molecule has 0 spiro atoms. The van der Waals surface area contributed by atoms with Crippen LogP contribution >= 0.6 is 0 Å². The summed E-state index contributed by atoms with van der Waals surface area (Å²) in [5.74, 6) is 3.40. The number of hydrogen-bond acceptors (Lipinski definition) is 6. The molecule has 6 nitrogen and oxygen atoms in total. The number of hydrogen-bond donors (Lipinski definition) is 1. The summed E-state index contributed by atoms with van der Waals surface area (Å²) in [4.78, 5) is 4.66. The Balaban J connectivity index is 1.54. The number of methoxy groups -OCH3 is 2. The fraction of sp³-hybridized carbons (Fsp3) is 0.556. The molecule has 0 saturated carbocycles. The number of benzene rings is 1. The third-order valence-corrected chi connectivity index (χ3v) is 5.18. The first-order valence-electron chi connectivity index (χ1n) is 8.55. The van der Waals surface area contributed by atoms with Crippen LogP contribution in [0.2, 0.25) is 0 Å². The smallest absolute Gasteiger partial charge is 0.231 e. The van der Waals surface area contributed by atoms with Crippen LogP contribution in [0.4, 0.5) is 0 Å². The number of rotatable bonds is 5. The highest BCUT2D eigenvalue weighted by Crippen LogP contribution is 2.36. The maximum atomic E-state index is 5.52. The van der Waals surface area contributed by atoms with Crippen molar-refractivity contribution in [3.63, 3.8) is 0 Å². The molecule has 24 heavy (non-hydrogen) atoms. The van der Waals surface area contributed by atoms with Crippen molar-refractivity contribution in [3.8, 4) is 11.5 Å². The predicted octanol–water partition coefficient (Wildman–Crippen LogP) is 2.68. The summed E-state index contributed by atoms with van der Waals surface area (Å²) in [5.41, 5.74) is 0.933. The van der Waals surface area contributed by atoms with Gasteiger partial charge in [0.25, 0.3) is 0 Å². The van der Waals surface area contributed by atoms with E-state index in [1.807, 2.05) is 18.2 Å². The van der Waals surface area contributed by atoms with Crippen molar-refractivity contribution in [2.24, 2.45) is 0 Å². The summed E-state index contributed by atoms with van der Waals surface area (Å²) in [6, 6.07) is 6.97. The van der Waals surface area contributed by atoms with Crippen molar-refractivity contribution in [1.82, 2.24) is 15.5 Å². The van der Waals surface area contributed by atoms with Crippen molar-refractivity contribution in [2.45, 2.75) is 50.1 Å². The van der Waals surface area contributed by atoms with Crippen molar-refractivity contribution in [1.29, 1.82) is 0 Å². The van der Waals surface area contributed by atoms with Gasteiger partial charge in [-0.3, -0.25) is 0 Å². The van der Waals surface area contributed by atoms with E-state index in [9.17, 15) is 0 Å². The van der Waals surface area contributed by atoms with Gasteiger partial charge in [0.2, 0.25) is 5.89 Å². The van der Waals surface area contributed by atoms with Gasteiger partial charge in [-0.05, 0) is 37.8 Å². The second-order valence-corrected chi connectivity index (χ2v) is 6.67. The maximum Gasteiger partial charge on any atom is 0.231 e. The molecular weight excluding hydrogens is 306 g/mol. The normalized spacial score (nSPS) is 25.7. The SMILES string of the molecule is COc1cccc(OC)c1Cc1nc(C2CC3CCC(C2)N3)no1. The van der Waals surface area contributed by atoms with Crippen LogP contribution in [0.25, 0.3) is 0 Å². The molecule has 128 valence electrons. The van der Waals surface area contributed by atoms with Crippen molar-refractivity contribution in [2.75, 3.05) is 14.2 Å². The van der Waals surface area contributed by atoms with Gasteiger partial charge in [-0.25, -0.2) is 0 Å². The zero-order chi connectivity index (χ0) is 16.5. The van der Waals surface area contributed by atoms with E-state index in [0.29, 0.717) is 30.3 Å². The molecule has 0 aliphatic carbocycles. The number of piperidine rings is 1. The lowest BCUT2D eigenvalue weighted by atomic mass is 9.92. The van der Waals surface area contributed by atoms with Gasteiger partial charge >= 0.3 is 0 Å². The highest BCUT2D eigenvalue weighted by Gasteiger charge is 2.36. The van der Waals surface area contributed by atoms with E-state index in [0.717, 1.165) is 35.7 Å². The quantitative estimate of drug-likeness (QED) is 0.909. The van der Waals surface area contributed by atoms with Gasteiger partial charge in [0.15, 0.2) is 5.82 Å². The fourth-order valence-electron chi connectivity index (χ4n) is 4.03. The fourth-order valence-corrected chi connectivity index (χ4v) is 4.03. The Hall–Kier alpha value is -2.08. The van der Waals surface area contributed by atoms with Gasteiger partial charge in [-0.15, -0.1) is 0 Å². The monoisotopic (exact) mass is 329 g/mol. The van der Waals surface area contributed by atoms with Crippen LogP contribution in [0.1, 0.15) is 48.9 Å². The first kappa shape index (κ1) is 15.4. The van der Waals surface area contributed by atoms with Gasteiger partial charge in [-0.2, -0.15) is 4.98 Å². The predicted molar refractivity (Wildman–Crippen MR) is 88.6 cm³/mol. The molecule has 2 aliphatic heterocycles. The van der Waals surface area contributed by atoms with Crippen molar-refractivity contribution < 1.29 is 14.0 Å². The highest BCUT2D eigenvalue weighted by atomic mass is 16.5. The molecule has 2 unspecified atom stereocenters. The number of aromatic nitrogens is 2. The first-order chi connectivity index (χ1) is 11.8. The molecule has 4 rings (SSSR count). The highest BCUT2D eigenvalue weighted by molar-refractivity contribution is 5.46. The Labute approximate surface area is 141 Å². The molecule has 2 fully saturated rings. The summed E-state index contributed by atoms with van der Waals surface area (Å²) < 4.78 is 16.4. The lowest BCUT2D eigenvalue weighted by Gasteiger charge is -2.26. The lowest BCUT2D eigenvalue weighted by molar-refractivity contribution is 0.332. The Kier molecular flexibility index (Phi) is 4.14. The standard InChI is InChI=1S/C18H23N3O3/c1-22-15-4-3-5-16(23-2)14(15)10-17-20-18(21-24-17)11-8-12-6-7-13(9-11)19-12/h3-5,11-13,19H,6-10H2,1-2H3. The van der Waals surface area contributed by atoms with Crippen LogP contribution in [-0.4, -0.2) is 36.4 Å². The van der Waals surface area contributed by atoms with Crippen LogP contribution in [0.15, 0.2) is 22.7 Å². The number of nitrogens with zero attached hydrogens (tertiary/aromatic N) is 2. The molecule has 2 bridgehead atoms. The van der Waals surface area contributed by atoms with E-state index in [1.165, 1.54) is 12.8 Å². The van der Waals surface area contributed by atoms with Crippen LogP contribution in [-0.2, 0) is 6.42 Å². The second-order valence-electron chi connectivity index (χ2n) is 6.67. The third-order valence-electron chi connectivity index (χ3n) is 5.18. The molecule has 2 aromatic rings. The van der Waals surface area contributed by atoms with E-state index >= 15 is 0 Å². The average Bonchev–Trinajstić information content (AvgIpc) is 3.21. The first-order valence-corrected chi connectivity index (χ1v) is 8.55. The minimum atomic E-state index is 0.404. The Morgan fingerprint density at radius 2 is 1.79 bits per heavy atom. The molecule has 1 N–H and O–H groups in total. The number of fused-ring (bicyclic) bond motifs is 2. The molecule has 0 radical (unpaired) electrons.